The SMILES string of the molecule is CC(C)(C)C[C@H]1O[C@@H](n2ccc(N)nc2=O)[C@@H](N)C1C(C)(C)C. The highest BCUT2D eigenvalue weighted by Crippen LogP contribution is 2.45. The molecule has 0 aromatic carbocycles. The molecule has 1 saturated heterocycles. The van der Waals surface area contributed by atoms with Crippen LogP contribution in [-0.2, 0) is 4.74 Å². The van der Waals surface area contributed by atoms with E-state index in [-0.39, 0.29) is 34.7 Å². The summed E-state index contributed by atoms with van der Waals surface area (Å²) >= 11 is 0. The van der Waals surface area contributed by atoms with Crippen LogP contribution in [0.15, 0.2) is 17.1 Å². The van der Waals surface area contributed by atoms with E-state index in [0.717, 1.165) is 6.42 Å². The second-order valence-electron chi connectivity index (χ2n) is 8.84. The van der Waals surface area contributed by atoms with Crippen LogP contribution in [0.2, 0.25) is 0 Å². The summed E-state index contributed by atoms with van der Waals surface area (Å²) in [6.45, 7) is 13.1. The lowest BCUT2D eigenvalue weighted by Gasteiger charge is -2.35. The molecule has 1 unspecified atom stereocenters. The van der Waals surface area contributed by atoms with E-state index in [1.165, 1.54) is 4.57 Å². The lowest BCUT2D eigenvalue weighted by Crippen LogP contribution is -2.44. The van der Waals surface area contributed by atoms with Crippen LogP contribution in [0, 0.1) is 16.7 Å². The molecule has 130 valence electrons. The lowest BCUT2D eigenvalue weighted by molar-refractivity contribution is -0.0352. The highest BCUT2D eigenvalue weighted by atomic mass is 16.5. The van der Waals surface area contributed by atoms with Crippen LogP contribution in [0.4, 0.5) is 5.82 Å². The number of ether oxygens (including phenoxy) is 1. The van der Waals surface area contributed by atoms with Crippen molar-refractivity contribution in [3.63, 3.8) is 0 Å². The van der Waals surface area contributed by atoms with Gasteiger partial charge in [-0.05, 0) is 23.3 Å². The Hall–Kier alpha value is -1.40. The van der Waals surface area contributed by atoms with Crippen molar-refractivity contribution in [3.05, 3.63) is 22.7 Å². The second kappa shape index (κ2) is 5.91. The van der Waals surface area contributed by atoms with Crippen LogP contribution in [0.1, 0.15) is 54.2 Å². The number of hydrogen-bond donors (Lipinski definition) is 2. The Kier molecular flexibility index (Phi) is 4.61. The molecule has 23 heavy (non-hydrogen) atoms. The van der Waals surface area contributed by atoms with Gasteiger partial charge in [0.05, 0.1) is 12.1 Å². The molecule has 0 amide bonds. The van der Waals surface area contributed by atoms with E-state index >= 15 is 0 Å². The van der Waals surface area contributed by atoms with E-state index in [9.17, 15) is 4.79 Å². The highest BCUT2D eigenvalue weighted by Gasteiger charge is 2.49. The van der Waals surface area contributed by atoms with E-state index < -0.39 is 11.9 Å². The Balaban J connectivity index is 2.38. The van der Waals surface area contributed by atoms with Crippen molar-refractivity contribution in [2.75, 3.05) is 5.73 Å². The number of rotatable bonds is 2. The first kappa shape index (κ1) is 17.9. The van der Waals surface area contributed by atoms with E-state index in [1.54, 1.807) is 12.3 Å². The first-order valence-corrected chi connectivity index (χ1v) is 8.16. The van der Waals surface area contributed by atoms with Gasteiger partial charge in [-0.3, -0.25) is 4.57 Å². The predicted octanol–water partition coefficient (Wildman–Crippen LogP) is 2.15. The highest BCUT2D eigenvalue weighted by molar-refractivity contribution is 5.23. The standard InChI is InChI=1S/C17H30N4O2/c1-16(2,3)9-10-12(17(4,5)6)13(19)14(23-10)21-8-7-11(18)20-15(21)22/h7-8,10,12-14H,9,19H2,1-6H3,(H2,18,20,22)/t10-,12?,13+,14-/m1/s1. The Morgan fingerprint density at radius 1 is 1.26 bits per heavy atom. The number of anilines is 1. The number of nitrogens with two attached hydrogens (primary N) is 2. The number of aromatic nitrogens is 2. The van der Waals surface area contributed by atoms with Crippen LogP contribution in [-0.4, -0.2) is 21.7 Å². The fourth-order valence-electron chi connectivity index (χ4n) is 3.56. The molecule has 1 aliphatic heterocycles. The van der Waals surface area contributed by atoms with Crippen molar-refractivity contribution in [2.24, 2.45) is 22.5 Å². The van der Waals surface area contributed by atoms with Crippen molar-refractivity contribution in [3.8, 4) is 0 Å². The summed E-state index contributed by atoms with van der Waals surface area (Å²) in [4.78, 5) is 15.9. The molecule has 0 spiro atoms. The largest absolute Gasteiger partial charge is 0.383 e. The summed E-state index contributed by atoms with van der Waals surface area (Å²) in [5.74, 6) is 0.354. The molecule has 2 rings (SSSR count). The fourth-order valence-corrected chi connectivity index (χ4v) is 3.56. The van der Waals surface area contributed by atoms with Crippen LogP contribution >= 0.6 is 0 Å². The van der Waals surface area contributed by atoms with Gasteiger partial charge in [0.15, 0.2) is 6.23 Å². The van der Waals surface area contributed by atoms with E-state index in [0.29, 0.717) is 0 Å². The van der Waals surface area contributed by atoms with Crippen molar-refractivity contribution < 1.29 is 4.74 Å². The minimum absolute atomic E-state index is 0.000506. The van der Waals surface area contributed by atoms with Crippen molar-refractivity contribution in [1.82, 2.24) is 9.55 Å². The molecule has 0 aliphatic carbocycles. The zero-order valence-corrected chi connectivity index (χ0v) is 15.0. The smallest absolute Gasteiger partial charge is 0.351 e. The van der Waals surface area contributed by atoms with Crippen molar-refractivity contribution in [2.45, 2.75) is 66.3 Å². The monoisotopic (exact) mass is 322 g/mol. The molecule has 1 aromatic rings. The number of hydrogen-bond acceptors (Lipinski definition) is 5. The Morgan fingerprint density at radius 3 is 2.35 bits per heavy atom. The Morgan fingerprint density at radius 2 is 1.87 bits per heavy atom. The van der Waals surface area contributed by atoms with Gasteiger partial charge >= 0.3 is 5.69 Å². The third kappa shape index (κ3) is 3.93. The molecule has 6 nitrogen and oxygen atoms in total. The second-order valence-corrected chi connectivity index (χ2v) is 8.84. The van der Waals surface area contributed by atoms with Gasteiger partial charge in [0.2, 0.25) is 0 Å². The first-order chi connectivity index (χ1) is 10.4. The average molecular weight is 322 g/mol. The van der Waals surface area contributed by atoms with E-state index in [2.05, 4.69) is 46.5 Å². The maximum Gasteiger partial charge on any atom is 0.351 e. The summed E-state index contributed by atoms with van der Waals surface area (Å²) < 4.78 is 7.71. The van der Waals surface area contributed by atoms with Crippen molar-refractivity contribution >= 4 is 5.82 Å². The maximum absolute atomic E-state index is 12.2. The van der Waals surface area contributed by atoms with Crippen LogP contribution in [0.25, 0.3) is 0 Å². The number of nitrogens with zero attached hydrogens (tertiary/aromatic N) is 2. The molecule has 0 saturated carbocycles. The summed E-state index contributed by atoms with van der Waals surface area (Å²) in [7, 11) is 0. The lowest BCUT2D eigenvalue weighted by atomic mass is 9.71. The van der Waals surface area contributed by atoms with Gasteiger partial charge in [0.1, 0.15) is 5.82 Å². The van der Waals surface area contributed by atoms with Gasteiger partial charge in [-0.1, -0.05) is 41.5 Å². The fraction of sp³-hybridized carbons (Fsp3) is 0.765. The minimum atomic E-state index is -0.507. The molecule has 1 aromatic heterocycles. The Labute approximate surface area is 138 Å². The van der Waals surface area contributed by atoms with Gasteiger partial charge in [-0.2, -0.15) is 4.98 Å². The molecule has 1 fully saturated rings. The Bertz CT molecular complexity index is 612. The molecule has 2 heterocycles. The molecular formula is C17H30N4O2. The normalized spacial score (nSPS) is 29.0. The van der Waals surface area contributed by atoms with Gasteiger partial charge < -0.3 is 16.2 Å². The van der Waals surface area contributed by atoms with Crippen LogP contribution in [0.3, 0.4) is 0 Å². The maximum atomic E-state index is 12.2. The molecule has 1 aliphatic rings. The van der Waals surface area contributed by atoms with Gasteiger partial charge in [0.25, 0.3) is 0 Å². The van der Waals surface area contributed by atoms with Crippen molar-refractivity contribution in [1.29, 1.82) is 0 Å². The van der Waals surface area contributed by atoms with Crippen LogP contribution < -0.4 is 17.2 Å². The molecule has 0 radical (unpaired) electrons. The molecule has 4 N–H and O–H groups in total. The zero-order valence-electron chi connectivity index (χ0n) is 15.0. The minimum Gasteiger partial charge on any atom is -0.383 e. The molecule has 6 heteroatoms. The summed E-state index contributed by atoms with van der Waals surface area (Å²) in [6, 6.07) is 1.33. The van der Waals surface area contributed by atoms with Gasteiger partial charge in [-0.15, -0.1) is 0 Å². The zero-order chi connectivity index (χ0) is 17.6. The molecule has 4 atom stereocenters. The third-order valence-corrected chi connectivity index (χ3v) is 4.40. The topological polar surface area (TPSA) is 96.2 Å². The molecule has 0 bridgehead atoms. The van der Waals surface area contributed by atoms with Crippen LogP contribution in [0.5, 0.6) is 0 Å². The number of nitrogen functional groups attached to an aromatic ring is 1. The summed E-state index contributed by atoms with van der Waals surface area (Å²) in [5.41, 5.74) is 11.8. The summed E-state index contributed by atoms with van der Waals surface area (Å²) in [6.07, 6.45) is 2.00. The van der Waals surface area contributed by atoms with Gasteiger partial charge in [0, 0.05) is 12.1 Å². The molecular weight excluding hydrogens is 292 g/mol. The average Bonchev–Trinajstić information content (AvgIpc) is 2.63. The van der Waals surface area contributed by atoms with E-state index in [1.807, 2.05) is 0 Å². The predicted molar refractivity (Wildman–Crippen MR) is 91.8 cm³/mol. The summed E-state index contributed by atoms with van der Waals surface area (Å²) in [5, 5.41) is 0. The van der Waals surface area contributed by atoms with Gasteiger partial charge in [-0.25, -0.2) is 4.79 Å². The van der Waals surface area contributed by atoms with E-state index in [4.69, 9.17) is 16.2 Å². The quantitative estimate of drug-likeness (QED) is 0.869. The first-order valence-electron chi connectivity index (χ1n) is 8.16. The third-order valence-electron chi connectivity index (χ3n) is 4.40.